The molecule has 146 valence electrons. The van der Waals surface area contributed by atoms with E-state index in [4.69, 9.17) is 18.6 Å². The topological polar surface area (TPSA) is 53.7 Å². The molecule has 0 bridgehead atoms. The van der Waals surface area contributed by atoms with Gasteiger partial charge in [-0.1, -0.05) is 6.07 Å². The van der Waals surface area contributed by atoms with Crippen LogP contribution in [0.5, 0.6) is 17.2 Å². The van der Waals surface area contributed by atoms with Crippen LogP contribution in [0.3, 0.4) is 0 Å². The Morgan fingerprint density at radius 1 is 0.793 bits per heavy atom. The minimum atomic E-state index is 0.550. The zero-order valence-electron chi connectivity index (χ0n) is 16.6. The maximum atomic E-state index is 6.08. The summed E-state index contributed by atoms with van der Waals surface area (Å²) in [6.07, 6.45) is 0. The number of nitrogens with zero attached hydrogens (tertiary/aromatic N) is 1. The Labute approximate surface area is 168 Å². The molecule has 0 amide bonds. The van der Waals surface area contributed by atoms with Crippen LogP contribution in [0.4, 0.5) is 0 Å². The molecule has 2 heterocycles. The second-order valence-corrected chi connectivity index (χ2v) is 7.20. The number of fused-ring (bicyclic) bond motifs is 2. The van der Waals surface area contributed by atoms with Crippen LogP contribution in [-0.2, 0) is 0 Å². The van der Waals surface area contributed by atoms with Crippen LogP contribution in [0.25, 0.3) is 33.7 Å². The number of benzene rings is 3. The predicted octanol–water partition coefficient (Wildman–Crippen LogP) is 5.56. The molecular weight excluding hydrogens is 366 g/mol. The van der Waals surface area contributed by atoms with Gasteiger partial charge in [0.15, 0.2) is 17.1 Å². The molecule has 1 aromatic heterocycles. The van der Waals surface area contributed by atoms with Crippen molar-refractivity contribution >= 4 is 11.1 Å². The van der Waals surface area contributed by atoms with E-state index in [1.165, 1.54) is 0 Å². The van der Waals surface area contributed by atoms with Crippen molar-refractivity contribution in [3.05, 3.63) is 59.7 Å². The highest BCUT2D eigenvalue weighted by atomic mass is 16.6. The van der Waals surface area contributed by atoms with Gasteiger partial charge >= 0.3 is 0 Å². The molecule has 0 radical (unpaired) electrons. The van der Waals surface area contributed by atoms with Gasteiger partial charge in [0, 0.05) is 5.56 Å². The van der Waals surface area contributed by atoms with Gasteiger partial charge in [-0.3, -0.25) is 0 Å². The Kier molecular flexibility index (Phi) is 4.16. The standard InChI is InChI=1S/C24H21NO4/c1-14-10-18(11-15(2)23(14)26-3)16-4-6-19-21(12-16)29-24(25-19)17-5-7-20-22(13-17)28-9-8-27-20/h4-7,10-13H,8-9H2,1-3H3. The van der Waals surface area contributed by atoms with Gasteiger partial charge in [-0.2, -0.15) is 0 Å². The maximum Gasteiger partial charge on any atom is 0.227 e. The second-order valence-electron chi connectivity index (χ2n) is 7.20. The second kappa shape index (κ2) is 6.85. The first kappa shape index (κ1) is 17.6. The molecule has 4 aromatic rings. The van der Waals surface area contributed by atoms with Crippen LogP contribution in [0.2, 0.25) is 0 Å². The quantitative estimate of drug-likeness (QED) is 0.461. The van der Waals surface area contributed by atoms with Crippen LogP contribution in [0.15, 0.2) is 52.9 Å². The van der Waals surface area contributed by atoms with Crippen LogP contribution >= 0.6 is 0 Å². The monoisotopic (exact) mass is 387 g/mol. The number of oxazole rings is 1. The fraction of sp³-hybridized carbons (Fsp3) is 0.208. The van der Waals surface area contributed by atoms with E-state index in [1.807, 2.05) is 30.3 Å². The average molecular weight is 387 g/mol. The van der Waals surface area contributed by atoms with Crippen molar-refractivity contribution in [1.82, 2.24) is 4.98 Å². The highest BCUT2D eigenvalue weighted by Gasteiger charge is 2.16. The normalized spacial score (nSPS) is 12.9. The van der Waals surface area contributed by atoms with Crippen molar-refractivity contribution in [2.75, 3.05) is 20.3 Å². The summed E-state index contributed by atoms with van der Waals surface area (Å²) in [5.74, 6) is 2.97. The fourth-order valence-corrected chi connectivity index (χ4v) is 3.84. The molecule has 29 heavy (non-hydrogen) atoms. The van der Waals surface area contributed by atoms with E-state index < -0.39 is 0 Å². The van der Waals surface area contributed by atoms with Crippen LogP contribution in [-0.4, -0.2) is 25.3 Å². The van der Waals surface area contributed by atoms with E-state index in [2.05, 4.69) is 37.0 Å². The third kappa shape index (κ3) is 3.09. The SMILES string of the molecule is COc1c(C)cc(-c2ccc3nc(-c4ccc5c(c4)OCCO5)oc3c2)cc1C. The first-order valence-electron chi connectivity index (χ1n) is 9.58. The smallest absolute Gasteiger partial charge is 0.227 e. The third-order valence-electron chi connectivity index (χ3n) is 5.18. The molecule has 5 heteroatoms. The Bertz CT molecular complexity index is 1200. The highest BCUT2D eigenvalue weighted by molar-refractivity contribution is 5.83. The van der Waals surface area contributed by atoms with E-state index in [-0.39, 0.29) is 0 Å². The molecule has 0 atom stereocenters. The van der Waals surface area contributed by atoms with Gasteiger partial charge in [-0.25, -0.2) is 4.98 Å². The fourth-order valence-electron chi connectivity index (χ4n) is 3.84. The number of ether oxygens (including phenoxy) is 3. The number of aryl methyl sites for hydroxylation is 2. The Balaban J connectivity index is 1.54. The Hall–Kier alpha value is -3.47. The van der Waals surface area contributed by atoms with E-state index in [1.54, 1.807) is 7.11 Å². The van der Waals surface area contributed by atoms with Gasteiger partial charge in [-0.15, -0.1) is 0 Å². The summed E-state index contributed by atoms with van der Waals surface area (Å²) in [5, 5.41) is 0. The van der Waals surface area contributed by atoms with Gasteiger partial charge < -0.3 is 18.6 Å². The van der Waals surface area contributed by atoms with Gasteiger partial charge in [0.1, 0.15) is 24.5 Å². The molecule has 5 rings (SSSR count). The molecule has 0 aliphatic carbocycles. The molecule has 0 fully saturated rings. The molecule has 0 saturated heterocycles. The van der Waals surface area contributed by atoms with Crippen molar-refractivity contribution in [2.24, 2.45) is 0 Å². The average Bonchev–Trinajstić information content (AvgIpc) is 3.16. The number of aromatic nitrogens is 1. The molecule has 1 aliphatic rings. The van der Waals surface area contributed by atoms with Crippen LogP contribution in [0, 0.1) is 13.8 Å². The first-order chi connectivity index (χ1) is 14.1. The zero-order chi connectivity index (χ0) is 20.0. The van der Waals surface area contributed by atoms with Gasteiger partial charge in [0.2, 0.25) is 5.89 Å². The lowest BCUT2D eigenvalue weighted by Crippen LogP contribution is -2.15. The Morgan fingerprint density at radius 2 is 1.52 bits per heavy atom. The van der Waals surface area contributed by atoms with Crippen molar-refractivity contribution < 1.29 is 18.6 Å². The summed E-state index contributed by atoms with van der Waals surface area (Å²) in [6.45, 7) is 5.24. The van der Waals surface area contributed by atoms with E-state index in [0.717, 1.165) is 56.2 Å². The summed E-state index contributed by atoms with van der Waals surface area (Å²) in [4.78, 5) is 4.65. The first-order valence-corrected chi connectivity index (χ1v) is 9.58. The number of methoxy groups -OCH3 is 1. The molecule has 0 saturated carbocycles. The lowest BCUT2D eigenvalue weighted by Gasteiger charge is -2.18. The minimum absolute atomic E-state index is 0.550. The minimum Gasteiger partial charge on any atom is -0.496 e. The van der Waals surface area contributed by atoms with Crippen LogP contribution < -0.4 is 14.2 Å². The highest BCUT2D eigenvalue weighted by Crippen LogP contribution is 2.36. The largest absolute Gasteiger partial charge is 0.496 e. The van der Waals surface area contributed by atoms with Crippen molar-refractivity contribution in [1.29, 1.82) is 0 Å². The molecule has 0 spiro atoms. The van der Waals surface area contributed by atoms with Crippen molar-refractivity contribution in [2.45, 2.75) is 13.8 Å². The summed E-state index contributed by atoms with van der Waals surface area (Å²) in [6, 6.07) is 16.1. The maximum absolute atomic E-state index is 6.08. The summed E-state index contributed by atoms with van der Waals surface area (Å²) < 4.78 is 22.8. The van der Waals surface area contributed by atoms with Gasteiger partial charge in [0.05, 0.1) is 7.11 Å². The van der Waals surface area contributed by atoms with E-state index in [9.17, 15) is 0 Å². The lowest BCUT2D eigenvalue weighted by atomic mass is 9.99. The van der Waals surface area contributed by atoms with Crippen molar-refractivity contribution in [3.8, 4) is 39.8 Å². The zero-order valence-corrected chi connectivity index (χ0v) is 16.6. The molecule has 0 unspecified atom stereocenters. The summed E-state index contributed by atoms with van der Waals surface area (Å²) in [5.41, 5.74) is 6.85. The molecule has 5 nitrogen and oxygen atoms in total. The van der Waals surface area contributed by atoms with Gasteiger partial charge in [0.25, 0.3) is 0 Å². The van der Waals surface area contributed by atoms with Crippen LogP contribution in [0.1, 0.15) is 11.1 Å². The molecular formula is C24H21NO4. The predicted molar refractivity (Wildman–Crippen MR) is 112 cm³/mol. The summed E-state index contributed by atoms with van der Waals surface area (Å²) >= 11 is 0. The molecule has 0 N–H and O–H groups in total. The number of rotatable bonds is 3. The number of hydrogen-bond acceptors (Lipinski definition) is 5. The third-order valence-corrected chi connectivity index (χ3v) is 5.18. The van der Waals surface area contributed by atoms with Gasteiger partial charge in [-0.05, 0) is 78.6 Å². The molecule has 1 aliphatic heterocycles. The van der Waals surface area contributed by atoms with E-state index >= 15 is 0 Å². The summed E-state index contributed by atoms with van der Waals surface area (Å²) in [7, 11) is 1.70. The number of hydrogen-bond donors (Lipinski definition) is 0. The Morgan fingerprint density at radius 3 is 2.28 bits per heavy atom. The van der Waals surface area contributed by atoms with E-state index in [0.29, 0.717) is 19.1 Å². The lowest BCUT2D eigenvalue weighted by molar-refractivity contribution is 0.171. The van der Waals surface area contributed by atoms with Crippen molar-refractivity contribution in [3.63, 3.8) is 0 Å². The molecule has 3 aromatic carbocycles.